The zero-order valence-electron chi connectivity index (χ0n) is 19.6. The first-order valence-corrected chi connectivity index (χ1v) is 12.2. The van der Waals surface area contributed by atoms with Crippen LogP contribution in [0.15, 0.2) is 24.3 Å². The summed E-state index contributed by atoms with van der Waals surface area (Å²) < 4.78 is 1.16. The summed E-state index contributed by atoms with van der Waals surface area (Å²) in [5, 5.41) is 17.8. The molecule has 4 rings (SSSR count). The van der Waals surface area contributed by atoms with Gasteiger partial charge in [-0.3, -0.25) is 0 Å². The van der Waals surface area contributed by atoms with Crippen LogP contribution in [-0.4, -0.2) is 64.8 Å². The molecule has 0 spiro atoms. The highest BCUT2D eigenvalue weighted by Crippen LogP contribution is 2.41. The number of aliphatic hydroxyl groups excluding tert-OH is 1. The second kappa shape index (κ2) is 9.68. The van der Waals surface area contributed by atoms with Gasteiger partial charge in [0.15, 0.2) is 0 Å². The first-order valence-electron chi connectivity index (χ1n) is 11.4. The number of aliphatic hydroxyl groups is 1. The molecular weight excluding hydrogens is 420 g/mol. The zero-order valence-corrected chi connectivity index (χ0v) is 20.4. The van der Waals surface area contributed by atoms with Gasteiger partial charge >= 0.3 is 0 Å². The molecule has 4 unspecified atom stereocenters. The Labute approximate surface area is 194 Å². The monoisotopic (exact) mass is 454 g/mol. The number of anilines is 2. The average molecular weight is 455 g/mol. The molecule has 7 nitrogen and oxygen atoms in total. The molecule has 1 aliphatic carbocycles. The molecule has 1 saturated carbocycles. The van der Waals surface area contributed by atoms with E-state index in [1.165, 1.54) is 0 Å². The minimum absolute atomic E-state index is 0.231. The van der Waals surface area contributed by atoms with Crippen LogP contribution in [0, 0.1) is 24.7 Å². The summed E-state index contributed by atoms with van der Waals surface area (Å²) in [4.78, 5) is 16.7. The predicted octanol–water partition coefficient (Wildman–Crippen LogP) is 4.10. The number of aromatic nitrogens is 3. The number of para-hydroxylation sites is 1. The Morgan fingerprint density at radius 1 is 1.12 bits per heavy atom. The van der Waals surface area contributed by atoms with Crippen molar-refractivity contribution in [2.45, 2.75) is 33.2 Å². The van der Waals surface area contributed by atoms with Crippen LogP contribution in [0.4, 0.5) is 11.8 Å². The number of hydrogen-bond acceptors (Lipinski definition) is 8. The maximum absolute atomic E-state index is 9.81. The van der Waals surface area contributed by atoms with Gasteiger partial charge < -0.3 is 20.6 Å². The molecule has 0 aliphatic heterocycles. The maximum Gasteiger partial charge on any atom is 0.224 e. The summed E-state index contributed by atoms with van der Waals surface area (Å²) in [5.74, 6) is 2.68. The Balaban J connectivity index is 1.71. The molecule has 4 atom stereocenters. The normalized spacial score (nSPS) is 23.2. The van der Waals surface area contributed by atoms with E-state index in [9.17, 15) is 5.11 Å². The highest BCUT2D eigenvalue weighted by Gasteiger charge is 2.38. The van der Waals surface area contributed by atoms with Gasteiger partial charge in [0.05, 0.1) is 21.5 Å². The van der Waals surface area contributed by atoms with Crippen molar-refractivity contribution in [3.05, 3.63) is 30.0 Å². The van der Waals surface area contributed by atoms with Crippen molar-refractivity contribution < 1.29 is 5.11 Å². The third-order valence-electron chi connectivity index (χ3n) is 6.76. The van der Waals surface area contributed by atoms with Crippen molar-refractivity contribution in [3.8, 4) is 10.6 Å². The minimum Gasteiger partial charge on any atom is -0.396 e. The fraction of sp³-hybridized carbons (Fsp3) is 0.542. The summed E-state index contributed by atoms with van der Waals surface area (Å²) in [7, 11) is 4.11. The molecule has 3 aromatic rings. The number of nitrogens with one attached hydrogen (secondary N) is 2. The molecular formula is C24H34N6OS. The molecule has 2 heterocycles. The van der Waals surface area contributed by atoms with Crippen LogP contribution < -0.4 is 10.6 Å². The summed E-state index contributed by atoms with van der Waals surface area (Å²) >= 11 is 1.67. The predicted molar refractivity (Wildman–Crippen MR) is 133 cm³/mol. The molecule has 172 valence electrons. The molecule has 1 aromatic carbocycles. The van der Waals surface area contributed by atoms with Crippen LogP contribution >= 0.6 is 11.3 Å². The third kappa shape index (κ3) is 4.72. The Morgan fingerprint density at radius 3 is 2.59 bits per heavy atom. The molecule has 2 aromatic heterocycles. The van der Waals surface area contributed by atoms with Gasteiger partial charge in [-0.25, -0.2) is 9.97 Å². The van der Waals surface area contributed by atoms with Gasteiger partial charge in [0, 0.05) is 25.7 Å². The second-order valence-electron chi connectivity index (χ2n) is 9.22. The first-order chi connectivity index (χ1) is 15.4. The molecule has 3 N–H and O–H groups in total. The van der Waals surface area contributed by atoms with Gasteiger partial charge in [-0.1, -0.05) is 26.0 Å². The minimum atomic E-state index is 0.231. The van der Waals surface area contributed by atoms with E-state index < -0.39 is 0 Å². The third-order valence-corrected chi connectivity index (χ3v) is 7.81. The van der Waals surface area contributed by atoms with Crippen molar-refractivity contribution in [2.24, 2.45) is 17.8 Å². The molecule has 0 saturated heterocycles. The summed E-state index contributed by atoms with van der Waals surface area (Å²) in [5.41, 5.74) is 2.87. The lowest BCUT2D eigenvalue weighted by molar-refractivity contribution is 0.191. The number of likely N-dealkylation sites (N-methyl/N-ethyl adjacent to an activating group) is 1. The molecule has 0 bridgehead atoms. The molecule has 0 radical (unpaired) electrons. The van der Waals surface area contributed by atoms with Crippen LogP contribution in [0.25, 0.3) is 20.8 Å². The molecule has 1 fully saturated rings. The Kier molecular flexibility index (Phi) is 6.93. The lowest BCUT2D eigenvalue weighted by Crippen LogP contribution is -2.26. The van der Waals surface area contributed by atoms with E-state index in [0.29, 0.717) is 23.7 Å². The maximum atomic E-state index is 9.81. The fourth-order valence-corrected chi connectivity index (χ4v) is 5.60. The Morgan fingerprint density at radius 2 is 1.91 bits per heavy atom. The smallest absolute Gasteiger partial charge is 0.224 e. The van der Waals surface area contributed by atoms with Crippen LogP contribution in [0.1, 0.15) is 26.0 Å². The summed E-state index contributed by atoms with van der Waals surface area (Å²) in [6.07, 6.45) is 0.935. The van der Waals surface area contributed by atoms with Crippen molar-refractivity contribution >= 4 is 33.3 Å². The van der Waals surface area contributed by atoms with Gasteiger partial charge in [-0.2, -0.15) is 4.98 Å². The van der Waals surface area contributed by atoms with Gasteiger partial charge in [0.2, 0.25) is 5.95 Å². The van der Waals surface area contributed by atoms with Crippen LogP contribution in [-0.2, 0) is 0 Å². The lowest BCUT2D eigenvalue weighted by Gasteiger charge is -2.22. The first kappa shape index (κ1) is 22.9. The molecule has 8 heteroatoms. The van der Waals surface area contributed by atoms with E-state index in [4.69, 9.17) is 15.0 Å². The van der Waals surface area contributed by atoms with Crippen molar-refractivity contribution in [2.75, 3.05) is 44.4 Å². The fourth-order valence-electron chi connectivity index (χ4n) is 4.54. The van der Waals surface area contributed by atoms with Gasteiger partial charge in [0.1, 0.15) is 10.8 Å². The Hall–Kier alpha value is -2.29. The van der Waals surface area contributed by atoms with Crippen LogP contribution in [0.5, 0.6) is 0 Å². The van der Waals surface area contributed by atoms with E-state index in [-0.39, 0.29) is 12.6 Å². The number of hydrogen-bond donors (Lipinski definition) is 3. The van der Waals surface area contributed by atoms with Crippen LogP contribution in [0.3, 0.4) is 0 Å². The Bertz CT molecular complexity index is 1030. The number of thiazole rings is 1. The van der Waals surface area contributed by atoms with E-state index in [0.717, 1.165) is 51.8 Å². The average Bonchev–Trinajstić information content (AvgIpc) is 3.29. The van der Waals surface area contributed by atoms with Crippen molar-refractivity contribution in [1.82, 2.24) is 19.9 Å². The van der Waals surface area contributed by atoms with E-state index in [1.54, 1.807) is 11.3 Å². The SMILES string of the molecule is Cc1nc(NCCN(C)C)nc(NC2CC(CO)C(C)C2C)c1-c1nc2ccccc2s1. The van der Waals surface area contributed by atoms with Gasteiger partial charge in [-0.05, 0) is 57.3 Å². The standard InChI is InChI=1S/C24H34N6OS/c1-14-15(2)19(12-17(14)13-31)27-22-21(23-28-18-8-6-7-9-20(18)32-23)16(3)26-24(29-22)25-10-11-30(4)5/h6-9,14-15,17,19,31H,10-13H2,1-5H3,(H2,25,26,27,29). The summed E-state index contributed by atoms with van der Waals surface area (Å²) in [6, 6.07) is 8.45. The number of fused-ring (bicyclic) bond motifs is 1. The topological polar surface area (TPSA) is 86.2 Å². The van der Waals surface area contributed by atoms with E-state index >= 15 is 0 Å². The van der Waals surface area contributed by atoms with Crippen molar-refractivity contribution in [1.29, 1.82) is 0 Å². The van der Waals surface area contributed by atoms with Crippen LogP contribution in [0.2, 0.25) is 0 Å². The number of nitrogens with zero attached hydrogens (tertiary/aromatic N) is 4. The molecule has 1 aliphatic rings. The molecule has 32 heavy (non-hydrogen) atoms. The summed E-state index contributed by atoms with van der Waals surface area (Å²) in [6.45, 7) is 8.44. The highest BCUT2D eigenvalue weighted by molar-refractivity contribution is 7.21. The number of benzene rings is 1. The van der Waals surface area contributed by atoms with E-state index in [1.807, 2.05) is 25.1 Å². The van der Waals surface area contributed by atoms with E-state index in [2.05, 4.69) is 49.5 Å². The largest absolute Gasteiger partial charge is 0.396 e. The number of rotatable bonds is 8. The molecule has 0 amide bonds. The number of aryl methyl sites for hydroxylation is 1. The highest BCUT2D eigenvalue weighted by atomic mass is 32.1. The van der Waals surface area contributed by atoms with Gasteiger partial charge in [0.25, 0.3) is 0 Å². The zero-order chi connectivity index (χ0) is 22.8. The quantitative estimate of drug-likeness (QED) is 0.472. The lowest BCUT2D eigenvalue weighted by atomic mass is 9.92. The van der Waals surface area contributed by atoms with Crippen molar-refractivity contribution in [3.63, 3.8) is 0 Å². The second-order valence-corrected chi connectivity index (χ2v) is 10.3. The van der Waals surface area contributed by atoms with Gasteiger partial charge in [-0.15, -0.1) is 11.3 Å².